The van der Waals surface area contributed by atoms with Crippen LogP contribution in [0.3, 0.4) is 0 Å². The molecule has 1 amide bonds. The average Bonchev–Trinajstić information content (AvgIpc) is 3.35. The van der Waals surface area contributed by atoms with Crippen molar-refractivity contribution < 1.29 is 4.79 Å². The molecule has 130 valence electrons. The summed E-state index contributed by atoms with van der Waals surface area (Å²) in [7, 11) is 0. The number of hydrogen-bond donors (Lipinski definition) is 2. The number of carbonyl (C=O) groups excluding carboxylic acids is 1. The lowest BCUT2D eigenvalue weighted by Crippen LogP contribution is -2.22. The Hall–Kier alpha value is -2.99. The number of para-hydroxylation sites is 1. The molecule has 0 spiro atoms. The second kappa shape index (κ2) is 7.49. The summed E-state index contributed by atoms with van der Waals surface area (Å²) in [6, 6.07) is 17.8. The van der Waals surface area contributed by atoms with E-state index in [9.17, 15) is 4.79 Å². The zero-order chi connectivity index (χ0) is 17.8. The van der Waals surface area contributed by atoms with Crippen molar-refractivity contribution in [2.45, 2.75) is 6.42 Å². The Balaban J connectivity index is 1.49. The maximum Gasteiger partial charge on any atom is 0.275 e. The van der Waals surface area contributed by atoms with E-state index in [1.54, 1.807) is 0 Å². The monoisotopic (exact) mass is 362 g/mol. The number of aliphatic imine (C=N–C) groups is 1. The van der Waals surface area contributed by atoms with Gasteiger partial charge in [0.05, 0.1) is 17.2 Å². The van der Waals surface area contributed by atoms with E-state index in [4.69, 9.17) is 0 Å². The standard InChI is InChI=1S/C20H18N4OS/c25-20(17-13-26-18(23-17)12-14-6-2-1-3-7-14)24-16-9-5-4-8-15(16)19-21-10-11-22-19/h1-9,13H,10-12H2,(H,21,22)(H,24,25). The minimum atomic E-state index is -0.202. The van der Waals surface area contributed by atoms with Gasteiger partial charge in [0.2, 0.25) is 0 Å². The van der Waals surface area contributed by atoms with E-state index in [1.165, 1.54) is 16.9 Å². The lowest BCUT2D eigenvalue weighted by molar-refractivity contribution is 0.102. The minimum Gasteiger partial charge on any atom is -0.368 e. The molecule has 1 aromatic heterocycles. The minimum absolute atomic E-state index is 0.202. The van der Waals surface area contributed by atoms with E-state index in [1.807, 2.05) is 47.8 Å². The van der Waals surface area contributed by atoms with Crippen LogP contribution in [0.15, 0.2) is 65.0 Å². The molecular weight excluding hydrogens is 344 g/mol. The molecule has 0 bridgehead atoms. The highest BCUT2D eigenvalue weighted by molar-refractivity contribution is 7.09. The number of nitrogens with zero attached hydrogens (tertiary/aromatic N) is 2. The van der Waals surface area contributed by atoms with Crippen molar-refractivity contribution in [3.8, 4) is 0 Å². The quantitative estimate of drug-likeness (QED) is 0.732. The van der Waals surface area contributed by atoms with Crippen LogP contribution in [0.5, 0.6) is 0 Å². The van der Waals surface area contributed by atoms with Crippen LogP contribution in [0.2, 0.25) is 0 Å². The number of anilines is 1. The normalized spacial score (nSPS) is 13.2. The van der Waals surface area contributed by atoms with Gasteiger partial charge in [-0.15, -0.1) is 11.3 Å². The molecule has 0 atom stereocenters. The van der Waals surface area contributed by atoms with Gasteiger partial charge in [-0.1, -0.05) is 42.5 Å². The van der Waals surface area contributed by atoms with E-state index >= 15 is 0 Å². The predicted octanol–water partition coefficient (Wildman–Crippen LogP) is 3.34. The first-order chi connectivity index (χ1) is 12.8. The molecular formula is C20H18N4OS. The van der Waals surface area contributed by atoms with Gasteiger partial charge in [-0.25, -0.2) is 4.98 Å². The second-order valence-corrected chi connectivity index (χ2v) is 6.89. The zero-order valence-electron chi connectivity index (χ0n) is 14.1. The highest BCUT2D eigenvalue weighted by atomic mass is 32.1. The van der Waals surface area contributed by atoms with Crippen LogP contribution in [-0.4, -0.2) is 29.8 Å². The molecule has 0 fully saturated rings. The summed E-state index contributed by atoms with van der Waals surface area (Å²) in [6.45, 7) is 1.58. The molecule has 0 saturated heterocycles. The Morgan fingerprint density at radius 2 is 1.92 bits per heavy atom. The number of carbonyl (C=O) groups is 1. The summed E-state index contributed by atoms with van der Waals surface area (Å²) in [5.74, 6) is 0.621. The van der Waals surface area contributed by atoms with E-state index in [0.717, 1.165) is 41.6 Å². The summed E-state index contributed by atoms with van der Waals surface area (Å²) in [5.41, 5.74) is 3.27. The lowest BCUT2D eigenvalue weighted by Gasteiger charge is -2.10. The Bertz CT molecular complexity index is 949. The summed E-state index contributed by atoms with van der Waals surface area (Å²) < 4.78 is 0. The van der Waals surface area contributed by atoms with Crippen LogP contribution in [0.4, 0.5) is 5.69 Å². The summed E-state index contributed by atoms with van der Waals surface area (Å²) in [5, 5.41) is 8.94. The fraction of sp³-hybridized carbons (Fsp3) is 0.150. The van der Waals surface area contributed by atoms with Gasteiger partial charge in [-0.05, 0) is 17.7 Å². The second-order valence-electron chi connectivity index (χ2n) is 5.95. The third-order valence-electron chi connectivity index (χ3n) is 4.09. The molecule has 5 nitrogen and oxygen atoms in total. The van der Waals surface area contributed by atoms with E-state index in [0.29, 0.717) is 5.69 Å². The maximum absolute atomic E-state index is 12.6. The molecule has 26 heavy (non-hydrogen) atoms. The summed E-state index contributed by atoms with van der Waals surface area (Å²) in [6.07, 6.45) is 0.732. The van der Waals surface area contributed by atoms with Gasteiger partial charge < -0.3 is 10.6 Å². The van der Waals surface area contributed by atoms with Gasteiger partial charge in [0.15, 0.2) is 0 Å². The summed E-state index contributed by atoms with van der Waals surface area (Å²) >= 11 is 1.50. The highest BCUT2D eigenvalue weighted by Gasteiger charge is 2.16. The molecule has 2 aromatic carbocycles. The number of aromatic nitrogens is 1. The van der Waals surface area contributed by atoms with Crippen LogP contribution in [0.1, 0.15) is 26.6 Å². The first-order valence-electron chi connectivity index (χ1n) is 8.47. The van der Waals surface area contributed by atoms with Gasteiger partial charge in [-0.3, -0.25) is 9.79 Å². The van der Waals surface area contributed by atoms with Gasteiger partial charge in [0, 0.05) is 23.9 Å². The maximum atomic E-state index is 12.6. The number of amidine groups is 1. The van der Waals surface area contributed by atoms with Crippen molar-refractivity contribution in [2.24, 2.45) is 4.99 Å². The molecule has 0 radical (unpaired) electrons. The van der Waals surface area contributed by atoms with Crippen LogP contribution in [-0.2, 0) is 6.42 Å². The zero-order valence-corrected chi connectivity index (χ0v) is 14.9. The number of hydrogen-bond acceptors (Lipinski definition) is 5. The lowest BCUT2D eigenvalue weighted by atomic mass is 10.1. The van der Waals surface area contributed by atoms with Crippen molar-refractivity contribution >= 4 is 28.8 Å². The first kappa shape index (κ1) is 16.5. The van der Waals surface area contributed by atoms with Crippen molar-refractivity contribution in [3.63, 3.8) is 0 Å². The number of thiazole rings is 1. The number of rotatable bonds is 5. The number of amides is 1. The van der Waals surface area contributed by atoms with Crippen LogP contribution in [0, 0.1) is 0 Å². The average molecular weight is 362 g/mol. The van der Waals surface area contributed by atoms with Gasteiger partial charge in [0.25, 0.3) is 5.91 Å². The largest absolute Gasteiger partial charge is 0.368 e. The Morgan fingerprint density at radius 3 is 2.73 bits per heavy atom. The van der Waals surface area contributed by atoms with Crippen molar-refractivity contribution in [1.82, 2.24) is 10.3 Å². The molecule has 1 aliphatic heterocycles. The SMILES string of the molecule is O=C(Nc1ccccc1C1=NCCN1)c1csc(Cc2ccccc2)n1. The van der Waals surface area contributed by atoms with Crippen LogP contribution < -0.4 is 10.6 Å². The fourth-order valence-electron chi connectivity index (χ4n) is 2.83. The van der Waals surface area contributed by atoms with E-state index < -0.39 is 0 Å². The topological polar surface area (TPSA) is 66.4 Å². The molecule has 0 unspecified atom stereocenters. The van der Waals surface area contributed by atoms with Crippen molar-refractivity contribution in [3.05, 3.63) is 81.8 Å². The smallest absolute Gasteiger partial charge is 0.275 e. The van der Waals surface area contributed by atoms with Crippen molar-refractivity contribution in [1.29, 1.82) is 0 Å². The molecule has 6 heteroatoms. The van der Waals surface area contributed by atoms with Crippen molar-refractivity contribution in [2.75, 3.05) is 18.4 Å². The molecule has 0 aliphatic carbocycles. The molecule has 2 heterocycles. The Kier molecular flexibility index (Phi) is 4.75. The van der Waals surface area contributed by atoms with E-state index in [2.05, 4.69) is 32.7 Å². The first-order valence-corrected chi connectivity index (χ1v) is 9.35. The predicted molar refractivity (Wildman–Crippen MR) is 105 cm³/mol. The molecule has 2 N–H and O–H groups in total. The van der Waals surface area contributed by atoms with Gasteiger partial charge in [0.1, 0.15) is 11.5 Å². The highest BCUT2D eigenvalue weighted by Crippen LogP contribution is 2.19. The molecule has 0 saturated carbocycles. The fourth-order valence-corrected chi connectivity index (χ4v) is 3.64. The number of nitrogens with one attached hydrogen (secondary N) is 2. The third kappa shape index (κ3) is 3.65. The molecule has 3 aromatic rings. The summed E-state index contributed by atoms with van der Waals surface area (Å²) in [4.78, 5) is 21.5. The van der Waals surface area contributed by atoms with E-state index in [-0.39, 0.29) is 5.91 Å². The Morgan fingerprint density at radius 1 is 1.12 bits per heavy atom. The van der Waals surface area contributed by atoms with Crippen LogP contribution >= 0.6 is 11.3 Å². The van der Waals surface area contributed by atoms with Crippen LogP contribution in [0.25, 0.3) is 0 Å². The molecule has 1 aliphatic rings. The number of benzene rings is 2. The van der Waals surface area contributed by atoms with Gasteiger partial charge in [-0.2, -0.15) is 0 Å². The third-order valence-corrected chi connectivity index (χ3v) is 4.94. The molecule has 4 rings (SSSR count). The Labute approximate surface area is 155 Å². The van der Waals surface area contributed by atoms with Gasteiger partial charge >= 0.3 is 0 Å².